The molecule has 0 aliphatic carbocycles. The van der Waals surface area contributed by atoms with Crippen molar-refractivity contribution in [3.05, 3.63) is 29.8 Å². The van der Waals surface area contributed by atoms with E-state index in [0.29, 0.717) is 12.1 Å². The molecule has 1 rings (SSSR count). The van der Waals surface area contributed by atoms with E-state index in [4.69, 9.17) is 5.73 Å². The van der Waals surface area contributed by atoms with E-state index in [2.05, 4.69) is 10.6 Å². The number of hydrogen-bond donors (Lipinski definition) is 3. The van der Waals surface area contributed by atoms with Crippen LogP contribution in [0.15, 0.2) is 24.3 Å². The van der Waals surface area contributed by atoms with Crippen LogP contribution in [-0.2, 0) is 14.4 Å². The van der Waals surface area contributed by atoms with Gasteiger partial charge in [0, 0.05) is 18.9 Å². The van der Waals surface area contributed by atoms with Crippen LogP contribution >= 0.6 is 0 Å². The van der Waals surface area contributed by atoms with Crippen LogP contribution in [0, 0.1) is 0 Å². The fourth-order valence-electron chi connectivity index (χ4n) is 1.68. The molecule has 0 aliphatic heterocycles. The van der Waals surface area contributed by atoms with Crippen LogP contribution in [0.25, 0.3) is 0 Å². The molecule has 7 heteroatoms. The minimum absolute atomic E-state index is 0.246. The molecule has 7 nitrogen and oxygen atoms in total. The van der Waals surface area contributed by atoms with Gasteiger partial charge in [-0.3, -0.25) is 19.2 Å². The van der Waals surface area contributed by atoms with Gasteiger partial charge in [-0.25, -0.2) is 0 Å². The van der Waals surface area contributed by atoms with Gasteiger partial charge in [0.1, 0.15) is 6.04 Å². The number of anilines is 1. The number of para-hydroxylation sites is 1. The standard InChI is InChI=1S/C13H15N3O4/c1-8(18)16-11(13(14)20)6-12(19)9-4-2-3-5-10(9)15-7-17/h2-5,7,11H,6H2,1H3,(H2,14,20)(H,15,17)(H,16,18)/t11-/m0/s1. The molecule has 0 heterocycles. The molecule has 0 radical (unpaired) electrons. The topological polar surface area (TPSA) is 118 Å². The molecule has 0 spiro atoms. The van der Waals surface area contributed by atoms with Crippen molar-refractivity contribution in [2.75, 3.05) is 5.32 Å². The Kier molecular flexibility index (Phi) is 5.40. The van der Waals surface area contributed by atoms with Crippen molar-refractivity contribution in [2.45, 2.75) is 19.4 Å². The number of hydrogen-bond acceptors (Lipinski definition) is 4. The highest BCUT2D eigenvalue weighted by Crippen LogP contribution is 2.17. The zero-order chi connectivity index (χ0) is 15.1. The maximum atomic E-state index is 12.1. The van der Waals surface area contributed by atoms with Crippen LogP contribution in [0.2, 0.25) is 0 Å². The molecule has 3 amide bonds. The van der Waals surface area contributed by atoms with Gasteiger partial charge in [-0.2, -0.15) is 0 Å². The van der Waals surface area contributed by atoms with E-state index in [9.17, 15) is 19.2 Å². The third kappa shape index (κ3) is 4.20. The molecule has 4 N–H and O–H groups in total. The minimum atomic E-state index is -1.08. The predicted octanol–water partition coefficient (Wildman–Crippen LogP) is -0.182. The van der Waals surface area contributed by atoms with Gasteiger partial charge in [-0.15, -0.1) is 0 Å². The number of nitrogens with one attached hydrogen (secondary N) is 2. The fraction of sp³-hybridized carbons (Fsp3) is 0.231. The van der Waals surface area contributed by atoms with Crippen molar-refractivity contribution in [3.63, 3.8) is 0 Å². The molecular formula is C13H15N3O4. The van der Waals surface area contributed by atoms with E-state index in [1.165, 1.54) is 13.0 Å². The maximum absolute atomic E-state index is 12.1. The quantitative estimate of drug-likeness (QED) is 0.473. The van der Waals surface area contributed by atoms with Gasteiger partial charge in [0.05, 0.1) is 5.69 Å². The maximum Gasteiger partial charge on any atom is 0.240 e. The van der Waals surface area contributed by atoms with Crippen LogP contribution in [0.3, 0.4) is 0 Å². The average Bonchev–Trinajstić information content (AvgIpc) is 2.38. The van der Waals surface area contributed by atoms with Crippen molar-refractivity contribution >= 4 is 29.7 Å². The molecular weight excluding hydrogens is 262 g/mol. The largest absolute Gasteiger partial charge is 0.368 e. The lowest BCUT2D eigenvalue weighted by molar-refractivity contribution is -0.126. The minimum Gasteiger partial charge on any atom is -0.368 e. The van der Waals surface area contributed by atoms with Crippen LogP contribution in [0.4, 0.5) is 5.69 Å². The van der Waals surface area contributed by atoms with E-state index >= 15 is 0 Å². The van der Waals surface area contributed by atoms with E-state index in [1.54, 1.807) is 18.2 Å². The Morgan fingerprint density at radius 2 is 1.95 bits per heavy atom. The van der Waals surface area contributed by atoms with Crippen molar-refractivity contribution in [1.29, 1.82) is 0 Å². The lowest BCUT2D eigenvalue weighted by Crippen LogP contribution is -2.44. The first-order chi connectivity index (χ1) is 9.45. The highest BCUT2D eigenvalue weighted by atomic mass is 16.2. The van der Waals surface area contributed by atoms with Crippen molar-refractivity contribution in [1.82, 2.24) is 5.32 Å². The highest BCUT2D eigenvalue weighted by molar-refractivity contribution is 6.05. The predicted molar refractivity (Wildman–Crippen MR) is 71.9 cm³/mol. The van der Waals surface area contributed by atoms with E-state index < -0.39 is 23.6 Å². The third-order valence-electron chi connectivity index (χ3n) is 2.55. The molecule has 106 valence electrons. The normalized spacial score (nSPS) is 11.2. The second-order valence-corrected chi connectivity index (χ2v) is 4.09. The zero-order valence-corrected chi connectivity index (χ0v) is 10.9. The van der Waals surface area contributed by atoms with E-state index in [1.807, 2.05) is 0 Å². The SMILES string of the molecule is CC(=O)N[C@@H](CC(=O)c1ccccc1NC=O)C(N)=O. The number of carbonyl (C=O) groups excluding carboxylic acids is 4. The number of nitrogens with two attached hydrogens (primary N) is 1. The Morgan fingerprint density at radius 1 is 1.30 bits per heavy atom. The van der Waals surface area contributed by atoms with Crippen molar-refractivity contribution in [2.24, 2.45) is 5.73 Å². The number of amides is 3. The first kappa shape index (κ1) is 15.4. The molecule has 1 atom stereocenters. The van der Waals surface area contributed by atoms with E-state index in [-0.39, 0.29) is 12.0 Å². The van der Waals surface area contributed by atoms with Gasteiger partial charge in [0.15, 0.2) is 5.78 Å². The molecule has 0 unspecified atom stereocenters. The Labute approximate surface area is 115 Å². The summed E-state index contributed by atoms with van der Waals surface area (Å²) in [6.45, 7) is 1.22. The van der Waals surface area contributed by atoms with Crippen LogP contribution in [0.1, 0.15) is 23.7 Å². The van der Waals surface area contributed by atoms with Gasteiger partial charge < -0.3 is 16.4 Å². The van der Waals surface area contributed by atoms with Crippen LogP contribution < -0.4 is 16.4 Å². The lowest BCUT2D eigenvalue weighted by atomic mass is 10.0. The van der Waals surface area contributed by atoms with Crippen molar-refractivity contribution < 1.29 is 19.2 Å². The second kappa shape index (κ2) is 7.03. The van der Waals surface area contributed by atoms with Gasteiger partial charge >= 0.3 is 0 Å². The number of benzene rings is 1. The summed E-state index contributed by atoms with van der Waals surface area (Å²) in [6, 6.07) is 5.27. The first-order valence-corrected chi connectivity index (χ1v) is 5.84. The van der Waals surface area contributed by atoms with Gasteiger partial charge in [-0.05, 0) is 12.1 Å². The lowest BCUT2D eigenvalue weighted by Gasteiger charge is -2.14. The first-order valence-electron chi connectivity index (χ1n) is 5.84. The molecule has 0 aliphatic rings. The molecule has 20 heavy (non-hydrogen) atoms. The van der Waals surface area contributed by atoms with Crippen LogP contribution in [0.5, 0.6) is 0 Å². The second-order valence-electron chi connectivity index (χ2n) is 4.09. The molecule has 0 fully saturated rings. The van der Waals surface area contributed by atoms with Crippen LogP contribution in [-0.4, -0.2) is 30.0 Å². The van der Waals surface area contributed by atoms with Gasteiger partial charge in [0.2, 0.25) is 18.2 Å². The Hall–Kier alpha value is -2.70. The van der Waals surface area contributed by atoms with Gasteiger partial charge in [-0.1, -0.05) is 12.1 Å². The Morgan fingerprint density at radius 3 is 2.50 bits per heavy atom. The number of carbonyl (C=O) groups is 4. The van der Waals surface area contributed by atoms with Gasteiger partial charge in [0.25, 0.3) is 0 Å². The summed E-state index contributed by atoms with van der Waals surface area (Å²) in [5, 5.41) is 4.70. The summed E-state index contributed by atoms with van der Waals surface area (Å²) in [7, 11) is 0. The summed E-state index contributed by atoms with van der Waals surface area (Å²) >= 11 is 0. The Bertz CT molecular complexity index is 542. The Balaban J connectivity index is 2.91. The number of Topliss-reactive ketones (excluding diaryl/α,β-unsaturated/α-hetero) is 1. The highest BCUT2D eigenvalue weighted by Gasteiger charge is 2.22. The smallest absolute Gasteiger partial charge is 0.240 e. The summed E-state index contributed by atoms with van der Waals surface area (Å²) in [5.41, 5.74) is 5.71. The third-order valence-corrected chi connectivity index (χ3v) is 2.55. The number of rotatable bonds is 7. The average molecular weight is 277 g/mol. The molecule has 0 saturated carbocycles. The monoisotopic (exact) mass is 277 g/mol. The molecule has 1 aromatic carbocycles. The molecule has 0 bridgehead atoms. The van der Waals surface area contributed by atoms with Crippen molar-refractivity contribution in [3.8, 4) is 0 Å². The summed E-state index contributed by atoms with van der Waals surface area (Å²) in [5.74, 6) is -1.66. The fourth-order valence-corrected chi connectivity index (χ4v) is 1.68. The van der Waals surface area contributed by atoms with E-state index in [0.717, 1.165) is 0 Å². The number of primary amides is 1. The number of ketones is 1. The molecule has 0 saturated heterocycles. The summed E-state index contributed by atoms with van der Waals surface area (Å²) < 4.78 is 0. The molecule has 0 aromatic heterocycles. The zero-order valence-electron chi connectivity index (χ0n) is 10.9. The summed E-state index contributed by atoms with van der Waals surface area (Å²) in [6.07, 6.45) is 0.179. The summed E-state index contributed by atoms with van der Waals surface area (Å²) in [4.78, 5) is 44.7. The molecule has 1 aromatic rings.